The Morgan fingerprint density at radius 2 is 1.42 bits per heavy atom. The Kier molecular flexibility index (Phi) is 22.2. The summed E-state index contributed by atoms with van der Waals surface area (Å²) in [5.41, 5.74) is 4.96. The van der Waals surface area contributed by atoms with Crippen molar-refractivity contribution >= 4 is 48.2 Å². The van der Waals surface area contributed by atoms with E-state index < -0.39 is 52.3 Å². The van der Waals surface area contributed by atoms with Gasteiger partial charge in [-0.2, -0.15) is 4.98 Å². The SMILES string of the molecule is Nc1nc2c(nc(Br)n2C(COCCP(=O)([O-])[O-])COCCP(=O)([O-])[O-])c(=O)[nH]1.[Na+].[Na+].[Na+].[Na+]. The van der Waals surface area contributed by atoms with Gasteiger partial charge < -0.3 is 43.9 Å². The zero-order valence-electron chi connectivity index (χ0n) is 18.7. The topological polar surface area (TPSA) is 234 Å². The standard InChI is InChI=1S/C12H20BrN5O9P2.4Na/c13-11-15-8-9(16-12(14)17-10(8)19)18(11)7(5-26-1-3-28(20,21)22)6-27-2-4-29(23,24)25;;;;/h7H,1-6H2,(H2,20,21,22)(H2,23,24,25)(H3,14,16,17,19);;;;/q;4*+1/p-4. The van der Waals surface area contributed by atoms with E-state index in [1.165, 1.54) is 4.57 Å². The zero-order valence-corrected chi connectivity index (χ0v) is 30.1. The van der Waals surface area contributed by atoms with Crippen LogP contribution in [-0.2, 0) is 18.6 Å². The number of hydrogen-bond donors (Lipinski definition) is 2. The van der Waals surface area contributed by atoms with Gasteiger partial charge in [0.25, 0.3) is 5.56 Å². The number of nitrogens with two attached hydrogens (primary N) is 1. The zero-order chi connectivity index (χ0) is 21.8. The summed E-state index contributed by atoms with van der Waals surface area (Å²) in [6.07, 6.45) is -1.46. The molecule has 0 atom stereocenters. The smallest absolute Gasteiger partial charge is 0.811 e. The van der Waals surface area contributed by atoms with E-state index >= 15 is 0 Å². The predicted octanol–water partition coefficient (Wildman–Crippen LogP) is -15.1. The molecule has 2 aromatic rings. The monoisotopic (exact) mass is 607 g/mol. The second-order valence-corrected chi connectivity index (χ2v) is 9.89. The fraction of sp³-hybridized carbons (Fsp3) is 0.583. The molecule has 164 valence electrons. The molecule has 0 aliphatic rings. The first kappa shape index (κ1) is 40.3. The number of aromatic amines is 1. The second-order valence-electron chi connectivity index (χ2n) is 5.85. The number of nitrogen functional groups attached to an aromatic ring is 1. The molecule has 21 heteroatoms. The van der Waals surface area contributed by atoms with Crippen molar-refractivity contribution in [3.05, 3.63) is 15.1 Å². The van der Waals surface area contributed by atoms with Gasteiger partial charge in [-0.3, -0.25) is 14.3 Å². The Morgan fingerprint density at radius 3 is 1.85 bits per heavy atom. The Bertz CT molecular complexity index is 987. The molecule has 0 saturated heterocycles. The van der Waals surface area contributed by atoms with Crippen molar-refractivity contribution in [2.75, 3.05) is 44.5 Å². The van der Waals surface area contributed by atoms with Crippen LogP contribution in [0, 0.1) is 0 Å². The molecule has 3 N–H and O–H groups in total. The van der Waals surface area contributed by atoms with Gasteiger partial charge in [-0.15, -0.1) is 0 Å². The normalized spacial score (nSPS) is 11.3. The van der Waals surface area contributed by atoms with E-state index in [1.54, 1.807) is 0 Å². The van der Waals surface area contributed by atoms with E-state index in [9.17, 15) is 33.5 Å². The van der Waals surface area contributed by atoms with Gasteiger partial charge in [-0.1, -0.05) is 15.2 Å². The van der Waals surface area contributed by atoms with Gasteiger partial charge in [-0.05, 0) is 28.3 Å². The number of anilines is 1. The van der Waals surface area contributed by atoms with Gasteiger partial charge in [0, 0.05) is 0 Å². The first-order chi connectivity index (χ1) is 13.4. The number of imidazole rings is 1. The summed E-state index contributed by atoms with van der Waals surface area (Å²) in [7, 11) is -9.50. The van der Waals surface area contributed by atoms with Crippen molar-refractivity contribution in [2.24, 2.45) is 0 Å². The van der Waals surface area contributed by atoms with Crippen molar-refractivity contribution < 1.29 is 156 Å². The molecule has 0 saturated carbocycles. The molecule has 0 unspecified atom stereocenters. The molecule has 33 heavy (non-hydrogen) atoms. The molecule has 0 radical (unpaired) electrons. The third-order valence-electron chi connectivity index (χ3n) is 3.53. The van der Waals surface area contributed by atoms with Gasteiger partial charge in [0.15, 0.2) is 15.9 Å². The third-order valence-corrected chi connectivity index (χ3v) is 5.55. The molecule has 14 nitrogen and oxygen atoms in total. The first-order valence-electron chi connectivity index (χ1n) is 7.98. The van der Waals surface area contributed by atoms with Gasteiger partial charge >= 0.3 is 118 Å². The number of H-pyrrole nitrogens is 1. The van der Waals surface area contributed by atoms with Gasteiger partial charge in [-0.25, -0.2) is 4.98 Å². The van der Waals surface area contributed by atoms with Crippen LogP contribution in [0.1, 0.15) is 6.04 Å². The Hall–Kier alpha value is 2.85. The first-order valence-corrected chi connectivity index (χ1v) is 12.2. The molecule has 0 fully saturated rings. The second kappa shape index (κ2) is 18.2. The molecular formula is C12H16BrN5Na4O9P2. The summed E-state index contributed by atoms with van der Waals surface area (Å²) in [4.78, 5) is 65.1. The number of aromatic nitrogens is 4. The quantitative estimate of drug-likeness (QED) is 0.105. The van der Waals surface area contributed by atoms with Crippen LogP contribution in [0.4, 0.5) is 5.95 Å². The molecule has 0 aromatic carbocycles. The van der Waals surface area contributed by atoms with Gasteiger partial charge in [0.1, 0.15) is 0 Å². The van der Waals surface area contributed by atoms with E-state index in [4.69, 9.17) is 15.2 Å². The van der Waals surface area contributed by atoms with Crippen molar-refractivity contribution in [3.63, 3.8) is 0 Å². The Balaban J connectivity index is -0.00000225. The Morgan fingerprint density at radius 1 is 0.970 bits per heavy atom. The molecule has 0 spiro atoms. The number of fused-ring (bicyclic) bond motifs is 1. The summed E-state index contributed by atoms with van der Waals surface area (Å²) in [6.45, 7) is -1.19. The molecule has 0 aliphatic heterocycles. The molecule has 0 bridgehead atoms. The molecular weight excluding hydrogens is 592 g/mol. The van der Waals surface area contributed by atoms with Gasteiger partial charge in [0.2, 0.25) is 5.95 Å². The number of halogens is 1. The number of nitrogens with one attached hydrogen (secondary N) is 1. The summed E-state index contributed by atoms with van der Waals surface area (Å²) in [5, 5.41) is 0. The molecule has 0 amide bonds. The molecule has 2 rings (SSSR count). The van der Waals surface area contributed by atoms with Crippen LogP contribution < -0.4 is 149 Å². The van der Waals surface area contributed by atoms with Crippen molar-refractivity contribution in [1.29, 1.82) is 0 Å². The average Bonchev–Trinajstić information content (AvgIpc) is 2.88. The van der Waals surface area contributed by atoms with Crippen molar-refractivity contribution in [1.82, 2.24) is 19.5 Å². The molecule has 2 aromatic heterocycles. The van der Waals surface area contributed by atoms with Crippen LogP contribution in [0.25, 0.3) is 11.2 Å². The van der Waals surface area contributed by atoms with Gasteiger partial charge in [0.05, 0.1) is 32.5 Å². The fourth-order valence-electron chi connectivity index (χ4n) is 2.29. The maximum absolute atomic E-state index is 12.0. The van der Waals surface area contributed by atoms with Crippen molar-refractivity contribution in [3.8, 4) is 0 Å². The maximum Gasteiger partial charge on any atom is 1.00 e. The van der Waals surface area contributed by atoms with E-state index in [1.807, 2.05) is 0 Å². The predicted molar refractivity (Wildman–Crippen MR) is 95.9 cm³/mol. The van der Waals surface area contributed by atoms with Crippen LogP contribution in [0.5, 0.6) is 0 Å². The van der Waals surface area contributed by atoms with E-state index in [0.29, 0.717) is 0 Å². The summed E-state index contributed by atoms with van der Waals surface area (Å²) < 4.78 is 33.4. The summed E-state index contributed by atoms with van der Waals surface area (Å²) >= 11 is 3.17. The summed E-state index contributed by atoms with van der Waals surface area (Å²) in [6, 6.07) is -0.779. The molecule has 0 aliphatic carbocycles. The average molecular weight is 608 g/mol. The Labute approximate surface area is 285 Å². The molecule has 2 heterocycles. The minimum atomic E-state index is -4.75. The van der Waals surface area contributed by atoms with Crippen LogP contribution in [0.2, 0.25) is 0 Å². The fourth-order valence-corrected chi connectivity index (χ4v) is 3.63. The number of nitrogens with zero attached hydrogens (tertiary/aromatic N) is 3. The largest absolute Gasteiger partial charge is 1.00 e. The minimum absolute atomic E-state index is 0. The summed E-state index contributed by atoms with van der Waals surface area (Å²) in [5.74, 6) is -0.186. The van der Waals surface area contributed by atoms with Crippen LogP contribution in [0.15, 0.2) is 9.53 Å². The number of ether oxygens (including phenoxy) is 2. The van der Waals surface area contributed by atoms with E-state index in [-0.39, 0.29) is 153 Å². The number of rotatable bonds is 11. The van der Waals surface area contributed by atoms with Crippen molar-refractivity contribution in [2.45, 2.75) is 6.04 Å². The van der Waals surface area contributed by atoms with Crippen LogP contribution >= 0.6 is 31.1 Å². The van der Waals surface area contributed by atoms with E-state index in [0.717, 1.165) is 0 Å². The third kappa shape index (κ3) is 14.5. The minimum Gasteiger partial charge on any atom is -0.811 e. The number of hydrogen-bond acceptors (Lipinski definition) is 12. The van der Waals surface area contributed by atoms with Crippen LogP contribution in [0.3, 0.4) is 0 Å². The van der Waals surface area contributed by atoms with E-state index in [2.05, 4.69) is 30.9 Å². The van der Waals surface area contributed by atoms with Crippen LogP contribution in [-0.4, -0.2) is 58.3 Å². The maximum atomic E-state index is 12.0.